The highest BCUT2D eigenvalue weighted by molar-refractivity contribution is 6.23. The van der Waals surface area contributed by atoms with Gasteiger partial charge in [-0.05, 0) is 38.1 Å². The number of benzene rings is 1. The number of amides is 1. The lowest BCUT2D eigenvalue weighted by Gasteiger charge is -2.19. The SMILES string of the molecule is COc1ccc(C2=NNC(=O)C2(C)C)c2ccc(C(F)(F)F)nc12. The topological polar surface area (TPSA) is 63.6 Å². The molecule has 0 unspecified atom stereocenters. The van der Waals surface area contributed by atoms with Gasteiger partial charge >= 0.3 is 6.18 Å². The first-order valence-electron chi connectivity index (χ1n) is 7.10. The fourth-order valence-corrected chi connectivity index (χ4v) is 2.61. The van der Waals surface area contributed by atoms with Crippen molar-refractivity contribution < 1.29 is 22.7 Å². The summed E-state index contributed by atoms with van der Waals surface area (Å²) in [5.74, 6) is -0.0584. The molecule has 0 fully saturated rings. The Morgan fingerprint density at radius 1 is 1.17 bits per heavy atom. The number of methoxy groups -OCH3 is 1. The maximum Gasteiger partial charge on any atom is 0.433 e. The van der Waals surface area contributed by atoms with E-state index < -0.39 is 17.3 Å². The van der Waals surface area contributed by atoms with Crippen LogP contribution < -0.4 is 10.2 Å². The third kappa shape index (κ3) is 2.38. The van der Waals surface area contributed by atoms with Gasteiger partial charge in [0.15, 0.2) is 0 Å². The van der Waals surface area contributed by atoms with Crippen LogP contribution in [-0.2, 0) is 11.0 Å². The monoisotopic (exact) mass is 337 g/mol. The number of halogens is 3. The number of hydrogen-bond acceptors (Lipinski definition) is 4. The highest BCUT2D eigenvalue weighted by Gasteiger charge is 2.40. The van der Waals surface area contributed by atoms with Gasteiger partial charge in [-0.15, -0.1) is 0 Å². The van der Waals surface area contributed by atoms with Crippen LogP contribution in [0.3, 0.4) is 0 Å². The van der Waals surface area contributed by atoms with Gasteiger partial charge < -0.3 is 4.74 Å². The number of carbonyl (C=O) groups excluding carboxylic acids is 1. The summed E-state index contributed by atoms with van der Waals surface area (Å²) >= 11 is 0. The van der Waals surface area contributed by atoms with E-state index >= 15 is 0 Å². The number of rotatable bonds is 2. The Labute approximate surface area is 135 Å². The third-order valence-corrected chi connectivity index (χ3v) is 4.01. The lowest BCUT2D eigenvalue weighted by molar-refractivity contribution is -0.141. The molecular formula is C16H14F3N3O2. The van der Waals surface area contributed by atoms with Gasteiger partial charge in [0.25, 0.3) is 5.91 Å². The summed E-state index contributed by atoms with van der Waals surface area (Å²) in [6, 6.07) is 5.41. The molecule has 1 aliphatic rings. The fraction of sp³-hybridized carbons (Fsp3) is 0.312. The molecule has 5 nitrogen and oxygen atoms in total. The zero-order valence-corrected chi connectivity index (χ0v) is 13.2. The first-order valence-corrected chi connectivity index (χ1v) is 7.10. The average molecular weight is 337 g/mol. The van der Waals surface area contributed by atoms with E-state index in [-0.39, 0.29) is 17.2 Å². The smallest absolute Gasteiger partial charge is 0.433 e. The molecule has 126 valence electrons. The maximum atomic E-state index is 12.9. The van der Waals surface area contributed by atoms with Crippen LogP contribution in [0.25, 0.3) is 10.9 Å². The fourth-order valence-electron chi connectivity index (χ4n) is 2.61. The number of hydrogen-bond donors (Lipinski definition) is 1. The molecule has 0 aliphatic carbocycles. The molecule has 2 heterocycles. The normalized spacial score (nSPS) is 16.9. The Morgan fingerprint density at radius 2 is 1.88 bits per heavy atom. The highest BCUT2D eigenvalue weighted by atomic mass is 19.4. The molecule has 0 saturated heterocycles. The standard InChI is InChI=1S/C16H14F3N3O2/c1-15(2)13(21-22-14(15)23)9-4-6-10(24-3)12-8(9)5-7-11(20-12)16(17,18)19/h4-7H,1-3H3,(H,22,23). The van der Waals surface area contributed by atoms with Crippen molar-refractivity contribution in [3.05, 3.63) is 35.5 Å². The van der Waals surface area contributed by atoms with Crippen LogP contribution in [-0.4, -0.2) is 23.7 Å². The van der Waals surface area contributed by atoms with E-state index in [1.807, 2.05) is 0 Å². The van der Waals surface area contributed by atoms with Crippen molar-refractivity contribution in [2.24, 2.45) is 10.5 Å². The summed E-state index contributed by atoms with van der Waals surface area (Å²) in [5, 5.41) is 4.48. The van der Waals surface area contributed by atoms with E-state index in [2.05, 4.69) is 15.5 Å². The van der Waals surface area contributed by atoms with Crippen molar-refractivity contribution in [2.45, 2.75) is 20.0 Å². The Hall–Kier alpha value is -2.64. The predicted octanol–water partition coefficient (Wildman–Crippen LogP) is 3.12. The number of ether oxygens (including phenoxy) is 1. The van der Waals surface area contributed by atoms with Gasteiger partial charge in [0.05, 0.1) is 18.2 Å². The van der Waals surface area contributed by atoms with Crippen LogP contribution in [0.2, 0.25) is 0 Å². The van der Waals surface area contributed by atoms with Gasteiger partial charge in [-0.1, -0.05) is 0 Å². The number of nitrogens with one attached hydrogen (secondary N) is 1. The zero-order valence-electron chi connectivity index (χ0n) is 13.2. The van der Waals surface area contributed by atoms with Gasteiger partial charge in [0, 0.05) is 10.9 Å². The summed E-state index contributed by atoms with van der Waals surface area (Å²) in [6.45, 7) is 3.39. The number of hydrazone groups is 1. The van der Waals surface area contributed by atoms with Gasteiger partial charge in [0.2, 0.25) is 0 Å². The quantitative estimate of drug-likeness (QED) is 0.916. The zero-order chi connectivity index (χ0) is 17.7. The first kappa shape index (κ1) is 16.2. The van der Waals surface area contributed by atoms with Crippen molar-refractivity contribution in [2.75, 3.05) is 7.11 Å². The van der Waals surface area contributed by atoms with Gasteiger partial charge in [0.1, 0.15) is 17.0 Å². The summed E-state index contributed by atoms with van der Waals surface area (Å²) in [6.07, 6.45) is -4.56. The van der Waals surface area contributed by atoms with E-state index in [1.54, 1.807) is 19.9 Å². The summed E-state index contributed by atoms with van der Waals surface area (Å²) in [7, 11) is 1.36. The number of carbonyl (C=O) groups is 1. The molecular weight excluding hydrogens is 323 g/mol. The molecule has 0 bridgehead atoms. The molecule has 1 aliphatic heterocycles. The number of aromatic nitrogens is 1. The minimum atomic E-state index is -4.56. The largest absolute Gasteiger partial charge is 0.494 e. The van der Waals surface area contributed by atoms with Crippen molar-refractivity contribution in [1.82, 2.24) is 10.4 Å². The lowest BCUT2D eigenvalue weighted by Crippen LogP contribution is -2.32. The van der Waals surface area contributed by atoms with Crippen LogP contribution >= 0.6 is 0 Å². The molecule has 8 heteroatoms. The van der Waals surface area contributed by atoms with E-state index in [0.29, 0.717) is 16.7 Å². The Balaban J connectivity index is 2.27. The van der Waals surface area contributed by atoms with E-state index in [9.17, 15) is 18.0 Å². The van der Waals surface area contributed by atoms with E-state index in [1.165, 1.54) is 19.2 Å². The maximum absolute atomic E-state index is 12.9. The van der Waals surface area contributed by atoms with Crippen molar-refractivity contribution >= 4 is 22.5 Å². The molecule has 1 aromatic heterocycles. The summed E-state index contributed by atoms with van der Waals surface area (Å²) in [5.41, 5.74) is 1.55. The summed E-state index contributed by atoms with van der Waals surface area (Å²) in [4.78, 5) is 15.6. The van der Waals surface area contributed by atoms with Gasteiger partial charge in [-0.3, -0.25) is 4.79 Å². The van der Waals surface area contributed by atoms with Crippen LogP contribution in [0.15, 0.2) is 29.4 Å². The first-order chi connectivity index (χ1) is 11.2. The molecule has 0 atom stereocenters. The lowest BCUT2D eigenvalue weighted by atomic mass is 9.82. The Morgan fingerprint density at radius 3 is 2.42 bits per heavy atom. The number of nitrogens with zero attached hydrogens (tertiary/aromatic N) is 2. The molecule has 1 amide bonds. The van der Waals surface area contributed by atoms with Crippen LogP contribution in [0.5, 0.6) is 5.75 Å². The molecule has 0 saturated carbocycles. The number of fused-ring (bicyclic) bond motifs is 1. The number of pyridine rings is 1. The van der Waals surface area contributed by atoms with Crippen LogP contribution in [0, 0.1) is 5.41 Å². The van der Waals surface area contributed by atoms with Crippen molar-refractivity contribution in [3.8, 4) is 5.75 Å². The second-order valence-corrected chi connectivity index (χ2v) is 5.93. The molecule has 24 heavy (non-hydrogen) atoms. The van der Waals surface area contributed by atoms with Crippen LogP contribution in [0.1, 0.15) is 25.1 Å². The van der Waals surface area contributed by atoms with Crippen LogP contribution in [0.4, 0.5) is 13.2 Å². The second-order valence-electron chi connectivity index (χ2n) is 5.93. The van der Waals surface area contributed by atoms with E-state index in [0.717, 1.165) is 6.07 Å². The van der Waals surface area contributed by atoms with Crippen molar-refractivity contribution in [1.29, 1.82) is 0 Å². The highest BCUT2D eigenvalue weighted by Crippen LogP contribution is 2.36. The molecule has 3 rings (SSSR count). The summed E-state index contributed by atoms with van der Waals surface area (Å²) < 4.78 is 44.0. The number of alkyl halides is 3. The van der Waals surface area contributed by atoms with Gasteiger partial charge in [-0.2, -0.15) is 18.3 Å². The van der Waals surface area contributed by atoms with E-state index in [4.69, 9.17) is 4.74 Å². The molecule has 0 spiro atoms. The molecule has 1 N–H and O–H groups in total. The molecule has 0 radical (unpaired) electrons. The Bertz CT molecular complexity index is 873. The minimum Gasteiger partial charge on any atom is -0.494 e. The van der Waals surface area contributed by atoms with Crippen molar-refractivity contribution in [3.63, 3.8) is 0 Å². The average Bonchev–Trinajstić information content (AvgIpc) is 2.78. The second kappa shape index (κ2) is 5.19. The Kier molecular flexibility index (Phi) is 3.51. The minimum absolute atomic E-state index is 0.0719. The third-order valence-electron chi connectivity index (χ3n) is 4.01. The molecule has 1 aromatic carbocycles. The molecule has 2 aromatic rings. The van der Waals surface area contributed by atoms with Gasteiger partial charge in [-0.25, -0.2) is 10.4 Å². The predicted molar refractivity (Wildman–Crippen MR) is 81.8 cm³/mol.